The van der Waals surface area contributed by atoms with E-state index in [1.54, 1.807) is 13.8 Å². The van der Waals surface area contributed by atoms with Crippen molar-refractivity contribution in [1.82, 2.24) is 14.2 Å². The number of aromatic nitrogens is 1. The molecule has 1 aromatic heterocycles. The molecule has 0 spiro atoms. The third-order valence-electron chi connectivity index (χ3n) is 3.26. The Hall–Kier alpha value is -1.09. The van der Waals surface area contributed by atoms with Gasteiger partial charge < -0.3 is 5.11 Å². The maximum absolute atomic E-state index is 13.1. The van der Waals surface area contributed by atoms with Crippen LogP contribution in [0.4, 0.5) is 4.39 Å². The summed E-state index contributed by atoms with van der Waals surface area (Å²) in [7, 11) is -3.71. The first-order chi connectivity index (χ1) is 9.68. The van der Waals surface area contributed by atoms with Crippen molar-refractivity contribution in [3.8, 4) is 0 Å². The minimum atomic E-state index is -3.71. The van der Waals surface area contributed by atoms with Crippen molar-refractivity contribution in [3.63, 3.8) is 0 Å². The van der Waals surface area contributed by atoms with E-state index >= 15 is 0 Å². The molecule has 0 radical (unpaired) electrons. The summed E-state index contributed by atoms with van der Waals surface area (Å²) in [5.41, 5.74) is -0.812. The molecular weight excluding hydrogens is 297 g/mol. The van der Waals surface area contributed by atoms with Gasteiger partial charge in [0.2, 0.25) is 10.0 Å². The second-order valence-electron chi connectivity index (χ2n) is 5.83. The number of nitrogens with zero attached hydrogens (tertiary/aromatic N) is 3. The molecule has 0 unspecified atom stereocenters. The summed E-state index contributed by atoms with van der Waals surface area (Å²) in [5, 5.41) is 9.78. The number of hydrogen-bond acceptors (Lipinski definition) is 5. The van der Waals surface area contributed by atoms with E-state index in [4.69, 9.17) is 0 Å². The molecular formula is C13H20FN3O3S. The Balaban J connectivity index is 2.05. The van der Waals surface area contributed by atoms with Crippen LogP contribution in [0.2, 0.25) is 0 Å². The molecule has 21 heavy (non-hydrogen) atoms. The number of β-amino-alcohol motifs (C(OH)–C–C–N with tert-alkyl or cyclic N) is 1. The Morgan fingerprint density at radius 3 is 2.43 bits per heavy atom. The van der Waals surface area contributed by atoms with Gasteiger partial charge in [0.05, 0.1) is 11.8 Å². The van der Waals surface area contributed by atoms with E-state index in [1.807, 2.05) is 4.90 Å². The number of pyridine rings is 1. The predicted molar refractivity (Wildman–Crippen MR) is 75.7 cm³/mol. The summed E-state index contributed by atoms with van der Waals surface area (Å²) in [6, 6.07) is 0.978. The van der Waals surface area contributed by atoms with Gasteiger partial charge in [-0.1, -0.05) is 0 Å². The molecule has 0 aromatic carbocycles. The summed E-state index contributed by atoms with van der Waals surface area (Å²) >= 11 is 0. The average Bonchev–Trinajstić information content (AvgIpc) is 2.37. The van der Waals surface area contributed by atoms with Crippen LogP contribution in [-0.4, -0.2) is 66.0 Å². The van der Waals surface area contributed by atoms with E-state index in [2.05, 4.69) is 4.98 Å². The molecule has 0 bridgehead atoms. The van der Waals surface area contributed by atoms with Gasteiger partial charge in [0.1, 0.15) is 10.7 Å². The molecule has 0 aliphatic carbocycles. The van der Waals surface area contributed by atoms with Crippen LogP contribution in [0.25, 0.3) is 0 Å². The molecule has 1 N–H and O–H groups in total. The highest BCUT2D eigenvalue weighted by atomic mass is 32.2. The van der Waals surface area contributed by atoms with Gasteiger partial charge in [0.15, 0.2) is 0 Å². The molecule has 0 amide bonds. The van der Waals surface area contributed by atoms with Gasteiger partial charge in [0, 0.05) is 38.9 Å². The normalized spacial score (nSPS) is 18.9. The van der Waals surface area contributed by atoms with Gasteiger partial charge in [-0.05, 0) is 19.9 Å². The Labute approximate surface area is 124 Å². The SMILES string of the molecule is CC(C)(O)CN1CCN(S(=O)(=O)c2cncc(F)c2)CC1. The smallest absolute Gasteiger partial charge is 0.244 e. The highest BCUT2D eigenvalue weighted by molar-refractivity contribution is 7.89. The summed E-state index contributed by atoms with van der Waals surface area (Å²) < 4.78 is 39.2. The van der Waals surface area contributed by atoms with E-state index in [0.29, 0.717) is 32.7 Å². The van der Waals surface area contributed by atoms with Gasteiger partial charge in [-0.2, -0.15) is 4.31 Å². The zero-order valence-electron chi connectivity index (χ0n) is 12.2. The van der Waals surface area contributed by atoms with Crippen molar-refractivity contribution >= 4 is 10.0 Å². The van der Waals surface area contributed by atoms with Gasteiger partial charge in [-0.3, -0.25) is 9.88 Å². The van der Waals surface area contributed by atoms with E-state index < -0.39 is 21.4 Å². The third-order valence-corrected chi connectivity index (χ3v) is 5.12. The van der Waals surface area contributed by atoms with Gasteiger partial charge in [-0.25, -0.2) is 12.8 Å². The van der Waals surface area contributed by atoms with Crippen molar-refractivity contribution in [2.75, 3.05) is 32.7 Å². The van der Waals surface area contributed by atoms with E-state index in [9.17, 15) is 17.9 Å². The van der Waals surface area contributed by atoms with Crippen molar-refractivity contribution in [1.29, 1.82) is 0 Å². The average molecular weight is 317 g/mol. The maximum Gasteiger partial charge on any atom is 0.244 e. The van der Waals surface area contributed by atoms with E-state index in [1.165, 1.54) is 4.31 Å². The van der Waals surface area contributed by atoms with E-state index in [0.717, 1.165) is 18.5 Å². The van der Waals surface area contributed by atoms with Crippen molar-refractivity contribution < 1.29 is 17.9 Å². The lowest BCUT2D eigenvalue weighted by atomic mass is 10.1. The van der Waals surface area contributed by atoms with Crippen LogP contribution >= 0.6 is 0 Å². The van der Waals surface area contributed by atoms with E-state index in [-0.39, 0.29) is 4.90 Å². The van der Waals surface area contributed by atoms with Crippen LogP contribution in [0.3, 0.4) is 0 Å². The van der Waals surface area contributed by atoms with Gasteiger partial charge >= 0.3 is 0 Å². The number of sulfonamides is 1. The fourth-order valence-electron chi connectivity index (χ4n) is 2.36. The highest BCUT2D eigenvalue weighted by Gasteiger charge is 2.30. The lowest BCUT2D eigenvalue weighted by molar-refractivity contribution is 0.0263. The standard InChI is InChI=1S/C13H20FN3O3S/c1-13(2,18)10-16-3-5-17(6-4-16)21(19,20)12-7-11(14)8-15-9-12/h7-9,18H,3-6,10H2,1-2H3. The Kier molecular flexibility index (Phi) is 4.62. The fraction of sp³-hybridized carbons (Fsp3) is 0.615. The lowest BCUT2D eigenvalue weighted by Gasteiger charge is -2.36. The van der Waals surface area contributed by atoms with Crippen LogP contribution in [0, 0.1) is 5.82 Å². The lowest BCUT2D eigenvalue weighted by Crippen LogP contribution is -2.51. The molecule has 8 heteroatoms. The van der Waals surface area contributed by atoms with Crippen LogP contribution < -0.4 is 0 Å². The summed E-state index contributed by atoms with van der Waals surface area (Å²) in [6.07, 6.45) is 2.13. The first kappa shape index (κ1) is 16.3. The molecule has 1 aliphatic rings. The molecule has 1 aromatic rings. The minimum absolute atomic E-state index is 0.126. The summed E-state index contributed by atoms with van der Waals surface area (Å²) in [5.74, 6) is -0.670. The zero-order chi connectivity index (χ0) is 15.7. The second-order valence-corrected chi connectivity index (χ2v) is 7.77. The van der Waals surface area contributed by atoms with Crippen LogP contribution in [0.5, 0.6) is 0 Å². The van der Waals surface area contributed by atoms with Crippen molar-refractivity contribution in [3.05, 3.63) is 24.3 Å². The molecule has 118 valence electrons. The number of halogens is 1. The molecule has 2 heterocycles. The van der Waals surface area contributed by atoms with Gasteiger partial charge in [-0.15, -0.1) is 0 Å². The first-order valence-electron chi connectivity index (χ1n) is 6.74. The molecule has 6 nitrogen and oxygen atoms in total. The van der Waals surface area contributed by atoms with Gasteiger partial charge in [0.25, 0.3) is 0 Å². The Morgan fingerprint density at radius 2 is 1.90 bits per heavy atom. The first-order valence-corrected chi connectivity index (χ1v) is 8.18. The quantitative estimate of drug-likeness (QED) is 0.864. The maximum atomic E-state index is 13.1. The van der Waals surface area contributed by atoms with Crippen molar-refractivity contribution in [2.24, 2.45) is 0 Å². The third kappa shape index (κ3) is 4.19. The van der Waals surface area contributed by atoms with Crippen LogP contribution in [0.1, 0.15) is 13.8 Å². The molecule has 1 fully saturated rings. The molecule has 2 rings (SSSR count). The summed E-state index contributed by atoms with van der Waals surface area (Å²) in [4.78, 5) is 5.47. The Morgan fingerprint density at radius 1 is 1.29 bits per heavy atom. The highest BCUT2D eigenvalue weighted by Crippen LogP contribution is 2.18. The summed E-state index contributed by atoms with van der Waals surface area (Å²) in [6.45, 7) is 5.62. The molecule has 1 aliphatic heterocycles. The Bertz CT molecular complexity index is 593. The minimum Gasteiger partial charge on any atom is -0.389 e. The van der Waals surface area contributed by atoms with Crippen LogP contribution in [-0.2, 0) is 10.0 Å². The second kappa shape index (κ2) is 5.96. The van der Waals surface area contributed by atoms with Crippen LogP contribution in [0.15, 0.2) is 23.4 Å². The number of aliphatic hydroxyl groups is 1. The molecule has 1 saturated heterocycles. The topological polar surface area (TPSA) is 73.7 Å². The predicted octanol–water partition coefficient (Wildman–Crippen LogP) is 0.298. The van der Waals surface area contributed by atoms with Crippen molar-refractivity contribution in [2.45, 2.75) is 24.3 Å². The zero-order valence-corrected chi connectivity index (χ0v) is 13.0. The fourth-order valence-corrected chi connectivity index (χ4v) is 3.76. The molecule has 0 saturated carbocycles. The number of hydrogen-bond donors (Lipinski definition) is 1. The largest absolute Gasteiger partial charge is 0.389 e. The monoisotopic (exact) mass is 317 g/mol. The number of rotatable bonds is 4. The molecule has 0 atom stereocenters. The number of piperazine rings is 1.